The minimum Gasteiger partial charge on any atom is -0.469 e. The topological polar surface area (TPSA) is 90.6 Å². The molecule has 2 atom stereocenters. The molecule has 8 heteroatoms. The maximum atomic E-state index is 12.9. The molecule has 8 nitrogen and oxygen atoms in total. The van der Waals surface area contributed by atoms with Crippen LogP contribution in [0.1, 0.15) is 30.8 Å². The van der Waals surface area contributed by atoms with Crippen molar-refractivity contribution in [1.29, 1.82) is 0 Å². The van der Waals surface area contributed by atoms with Gasteiger partial charge in [-0.25, -0.2) is 4.79 Å². The van der Waals surface area contributed by atoms with Gasteiger partial charge in [-0.15, -0.1) is 0 Å². The summed E-state index contributed by atoms with van der Waals surface area (Å²) < 4.78 is 7.09. The minimum absolute atomic E-state index is 0.0000247. The van der Waals surface area contributed by atoms with Gasteiger partial charge >= 0.3 is 11.7 Å². The van der Waals surface area contributed by atoms with E-state index in [-0.39, 0.29) is 29.5 Å². The van der Waals surface area contributed by atoms with Crippen molar-refractivity contribution < 1.29 is 14.3 Å². The van der Waals surface area contributed by atoms with Gasteiger partial charge in [-0.05, 0) is 17.8 Å². The number of hydrogen-bond donors (Lipinski definition) is 0. The largest absolute Gasteiger partial charge is 0.469 e. The Kier molecular flexibility index (Phi) is 3.70. The van der Waals surface area contributed by atoms with Crippen LogP contribution in [-0.4, -0.2) is 46.1 Å². The number of likely N-dealkylation sites (tertiary alicyclic amines) is 1. The molecule has 2 heterocycles. The standard InChI is InChI=1S/C17H23N3O5/c1-16(2)8-17(14(23)25-5)9-20(7-11(16)17)13(22)10-6-12(21)19(4)15(24)18(10)3/h6,11H,7-9H2,1-5H3/t11-,17+/m1/s1. The molecular weight excluding hydrogens is 326 g/mol. The summed E-state index contributed by atoms with van der Waals surface area (Å²) in [6, 6.07) is 1.17. The highest BCUT2D eigenvalue weighted by Gasteiger charge is 2.68. The van der Waals surface area contributed by atoms with Crippen molar-refractivity contribution in [2.75, 3.05) is 20.2 Å². The lowest BCUT2D eigenvalue weighted by Crippen LogP contribution is -2.57. The number of carbonyl (C=O) groups excluding carboxylic acids is 2. The van der Waals surface area contributed by atoms with Crippen molar-refractivity contribution in [3.63, 3.8) is 0 Å². The number of carbonyl (C=O) groups is 2. The van der Waals surface area contributed by atoms with Crippen molar-refractivity contribution in [2.45, 2.75) is 20.3 Å². The summed E-state index contributed by atoms with van der Waals surface area (Å²) in [4.78, 5) is 50.8. The van der Waals surface area contributed by atoms with Gasteiger partial charge in [-0.2, -0.15) is 0 Å². The second-order valence-corrected chi connectivity index (χ2v) is 7.82. The van der Waals surface area contributed by atoms with Crippen LogP contribution in [0.25, 0.3) is 0 Å². The number of esters is 1. The van der Waals surface area contributed by atoms with Crippen LogP contribution in [0.5, 0.6) is 0 Å². The first-order valence-corrected chi connectivity index (χ1v) is 8.20. The van der Waals surface area contributed by atoms with Gasteiger partial charge in [0.2, 0.25) is 0 Å². The molecular formula is C17H23N3O5. The number of aromatic nitrogens is 2. The van der Waals surface area contributed by atoms with Crippen LogP contribution < -0.4 is 11.2 Å². The second kappa shape index (κ2) is 5.31. The van der Waals surface area contributed by atoms with Crippen LogP contribution in [0, 0.1) is 16.7 Å². The van der Waals surface area contributed by atoms with Gasteiger partial charge in [-0.1, -0.05) is 13.8 Å². The van der Waals surface area contributed by atoms with E-state index in [1.807, 2.05) is 0 Å². The summed E-state index contributed by atoms with van der Waals surface area (Å²) in [5, 5.41) is 0. The maximum absolute atomic E-state index is 12.9. The van der Waals surface area contributed by atoms with Crippen LogP contribution in [0.3, 0.4) is 0 Å². The molecule has 136 valence electrons. The molecule has 1 amide bonds. The fourth-order valence-electron chi connectivity index (χ4n) is 4.63. The van der Waals surface area contributed by atoms with E-state index in [4.69, 9.17) is 4.74 Å². The van der Waals surface area contributed by atoms with Gasteiger partial charge < -0.3 is 9.64 Å². The predicted molar refractivity (Wildman–Crippen MR) is 89.2 cm³/mol. The summed E-state index contributed by atoms with van der Waals surface area (Å²) in [7, 11) is 4.18. The summed E-state index contributed by atoms with van der Waals surface area (Å²) in [6.07, 6.45) is 0.649. The van der Waals surface area contributed by atoms with Crippen molar-refractivity contribution in [3.8, 4) is 0 Å². The molecule has 1 saturated carbocycles. The number of methoxy groups -OCH3 is 1. The quantitative estimate of drug-likeness (QED) is 0.687. The van der Waals surface area contributed by atoms with E-state index in [0.717, 1.165) is 4.57 Å². The van der Waals surface area contributed by atoms with E-state index in [2.05, 4.69) is 13.8 Å². The van der Waals surface area contributed by atoms with Gasteiger partial charge in [0.1, 0.15) is 5.69 Å². The van der Waals surface area contributed by atoms with Crippen molar-refractivity contribution >= 4 is 11.9 Å². The van der Waals surface area contributed by atoms with Gasteiger partial charge in [0.15, 0.2) is 0 Å². The molecule has 0 N–H and O–H groups in total. The van der Waals surface area contributed by atoms with E-state index >= 15 is 0 Å². The monoisotopic (exact) mass is 349 g/mol. The van der Waals surface area contributed by atoms with Crippen molar-refractivity contribution in [2.24, 2.45) is 30.8 Å². The molecule has 1 aliphatic heterocycles. The Bertz CT molecular complexity index is 881. The second-order valence-electron chi connectivity index (χ2n) is 7.82. The van der Waals surface area contributed by atoms with Crippen LogP contribution in [0.4, 0.5) is 0 Å². The highest BCUT2D eigenvalue weighted by molar-refractivity contribution is 5.94. The Morgan fingerprint density at radius 1 is 1.20 bits per heavy atom. The zero-order valence-corrected chi connectivity index (χ0v) is 15.2. The molecule has 25 heavy (non-hydrogen) atoms. The SMILES string of the molecule is COC(=O)[C@@]12CN(C(=O)c3cc(=O)n(C)c(=O)n3C)C[C@@H]1C(C)(C)C2. The van der Waals surface area contributed by atoms with Gasteiger partial charge in [0.05, 0.1) is 12.5 Å². The van der Waals surface area contributed by atoms with E-state index in [1.54, 1.807) is 4.90 Å². The zero-order valence-electron chi connectivity index (χ0n) is 15.2. The average Bonchev–Trinajstić information content (AvgIpc) is 2.90. The molecule has 0 spiro atoms. The summed E-state index contributed by atoms with van der Waals surface area (Å²) in [6.45, 7) is 4.79. The van der Waals surface area contributed by atoms with E-state index in [0.29, 0.717) is 13.0 Å². The Balaban J connectivity index is 1.97. The summed E-state index contributed by atoms with van der Waals surface area (Å²) in [5.41, 5.74) is -1.81. The van der Waals surface area contributed by atoms with E-state index in [1.165, 1.54) is 31.8 Å². The third kappa shape index (κ3) is 2.26. The number of amides is 1. The fraction of sp³-hybridized carbons (Fsp3) is 0.647. The molecule has 2 fully saturated rings. The highest BCUT2D eigenvalue weighted by atomic mass is 16.5. The molecule has 2 aliphatic rings. The molecule has 0 radical (unpaired) electrons. The molecule has 1 saturated heterocycles. The smallest absolute Gasteiger partial charge is 0.331 e. The molecule has 1 aliphatic carbocycles. The van der Waals surface area contributed by atoms with Crippen LogP contribution in [-0.2, 0) is 23.6 Å². The molecule has 3 rings (SSSR count). The summed E-state index contributed by atoms with van der Waals surface area (Å²) in [5.74, 6) is -0.712. The normalized spacial score (nSPS) is 26.8. The number of hydrogen-bond acceptors (Lipinski definition) is 5. The van der Waals surface area contributed by atoms with E-state index < -0.39 is 22.6 Å². The maximum Gasteiger partial charge on any atom is 0.331 e. The average molecular weight is 349 g/mol. The van der Waals surface area contributed by atoms with Crippen molar-refractivity contribution in [3.05, 3.63) is 32.6 Å². The third-order valence-electron chi connectivity index (χ3n) is 5.88. The van der Waals surface area contributed by atoms with Crippen molar-refractivity contribution in [1.82, 2.24) is 14.0 Å². The van der Waals surface area contributed by atoms with Crippen LogP contribution in [0.2, 0.25) is 0 Å². The van der Waals surface area contributed by atoms with Gasteiger partial charge in [0, 0.05) is 33.3 Å². The number of fused-ring (bicyclic) bond motifs is 1. The molecule has 0 aromatic carbocycles. The lowest BCUT2D eigenvalue weighted by Gasteiger charge is -2.54. The first-order chi connectivity index (χ1) is 11.5. The van der Waals surface area contributed by atoms with Gasteiger partial charge in [0.25, 0.3) is 11.5 Å². The molecule has 1 aromatic rings. The minimum atomic E-state index is -0.688. The first kappa shape index (κ1) is 17.4. The lowest BCUT2D eigenvalue weighted by molar-refractivity contribution is -0.174. The zero-order chi connectivity index (χ0) is 18.7. The Hall–Kier alpha value is -2.38. The third-order valence-corrected chi connectivity index (χ3v) is 5.88. The Morgan fingerprint density at radius 3 is 2.40 bits per heavy atom. The first-order valence-electron chi connectivity index (χ1n) is 8.20. The number of ether oxygens (including phenoxy) is 1. The number of nitrogens with zero attached hydrogens (tertiary/aromatic N) is 3. The van der Waals surface area contributed by atoms with Crippen LogP contribution in [0.15, 0.2) is 15.7 Å². The summed E-state index contributed by atoms with van der Waals surface area (Å²) >= 11 is 0. The lowest BCUT2D eigenvalue weighted by atomic mass is 9.48. The Morgan fingerprint density at radius 2 is 1.84 bits per heavy atom. The molecule has 0 unspecified atom stereocenters. The Labute approximate surface area is 145 Å². The van der Waals surface area contributed by atoms with E-state index in [9.17, 15) is 19.2 Å². The van der Waals surface area contributed by atoms with Gasteiger partial charge in [-0.3, -0.25) is 23.5 Å². The number of rotatable bonds is 2. The fourth-order valence-corrected chi connectivity index (χ4v) is 4.63. The highest BCUT2D eigenvalue weighted by Crippen LogP contribution is 2.63. The van der Waals surface area contributed by atoms with Crippen LogP contribution >= 0.6 is 0 Å². The molecule has 1 aromatic heterocycles. The predicted octanol–water partition coefficient (Wildman–Crippen LogP) is -0.255. The molecule has 0 bridgehead atoms.